The number of aliphatic imine (C=N–C) groups is 1. The molecule has 29 heavy (non-hydrogen) atoms. The normalized spacial score (nSPS) is 31.3. The van der Waals surface area contributed by atoms with Crippen LogP contribution in [0.5, 0.6) is 0 Å². The Kier molecular flexibility index (Phi) is 5.31. The van der Waals surface area contributed by atoms with Gasteiger partial charge < -0.3 is 5.11 Å². The molecule has 1 fully saturated rings. The molecule has 2 atom stereocenters. The van der Waals surface area contributed by atoms with Crippen LogP contribution in [0.25, 0.3) is 0 Å². The molecular weight excluding hydrogens is 424 g/mol. The zero-order chi connectivity index (χ0) is 22.7. The first-order valence-corrected chi connectivity index (χ1v) is 8.12. The molecule has 0 radical (unpaired) electrons. The zero-order valence-corrected chi connectivity index (χ0v) is 14.8. The molecule has 0 aliphatic heterocycles. The standard InChI is InChI=1S/C17H15F10NO/c1-9(2)28-11(10-6-4-3-5-7-10)8-12(29)13(18,17(25,26)27)15(21,22)16(23,24)14(12,19)20/h3-7,9,29H,8H2,1-2H3. The van der Waals surface area contributed by atoms with Crippen molar-refractivity contribution in [2.75, 3.05) is 0 Å². The molecule has 2 nitrogen and oxygen atoms in total. The van der Waals surface area contributed by atoms with Crippen LogP contribution in [0.3, 0.4) is 0 Å². The first-order chi connectivity index (χ1) is 12.9. The van der Waals surface area contributed by atoms with E-state index in [9.17, 15) is 49.0 Å². The van der Waals surface area contributed by atoms with Gasteiger partial charge in [-0.25, -0.2) is 4.39 Å². The van der Waals surface area contributed by atoms with Crippen LogP contribution in [0.1, 0.15) is 25.8 Å². The predicted octanol–water partition coefficient (Wildman–Crippen LogP) is 5.20. The number of nitrogens with zero attached hydrogens (tertiary/aromatic N) is 1. The van der Waals surface area contributed by atoms with Gasteiger partial charge in [-0.3, -0.25) is 4.99 Å². The van der Waals surface area contributed by atoms with E-state index in [0.717, 1.165) is 12.1 Å². The van der Waals surface area contributed by atoms with E-state index in [1.54, 1.807) is 0 Å². The van der Waals surface area contributed by atoms with Gasteiger partial charge in [-0.1, -0.05) is 30.3 Å². The summed E-state index contributed by atoms with van der Waals surface area (Å²) in [5.74, 6) is -20.3. The van der Waals surface area contributed by atoms with Crippen molar-refractivity contribution in [1.29, 1.82) is 0 Å². The number of halogens is 10. The maximum Gasteiger partial charge on any atom is 0.431 e. The Morgan fingerprint density at radius 1 is 0.897 bits per heavy atom. The molecule has 0 saturated heterocycles. The highest BCUT2D eigenvalue weighted by Gasteiger charge is 3.03. The van der Waals surface area contributed by atoms with E-state index in [-0.39, 0.29) is 5.56 Å². The van der Waals surface area contributed by atoms with Crippen molar-refractivity contribution >= 4 is 5.71 Å². The average molecular weight is 439 g/mol. The molecule has 2 unspecified atom stereocenters. The summed E-state index contributed by atoms with van der Waals surface area (Å²) in [6.45, 7) is 2.63. The van der Waals surface area contributed by atoms with Gasteiger partial charge in [-0.05, 0) is 19.4 Å². The molecule has 0 heterocycles. The van der Waals surface area contributed by atoms with Gasteiger partial charge in [-0.2, -0.15) is 39.5 Å². The summed E-state index contributed by atoms with van der Waals surface area (Å²) in [5, 5.41) is 10.0. The van der Waals surface area contributed by atoms with Crippen molar-refractivity contribution in [3.63, 3.8) is 0 Å². The number of benzene rings is 1. The molecule has 0 aromatic heterocycles. The van der Waals surface area contributed by atoms with E-state index in [4.69, 9.17) is 0 Å². The highest BCUT2D eigenvalue weighted by Crippen LogP contribution is 2.71. The van der Waals surface area contributed by atoms with Gasteiger partial charge in [0.1, 0.15) is 0 Å². The number of hydrogen-bond acceptors (Lipinski definition) is 2. The highest BCUT2D eigenvalue weighted by atomic mass is 19.4. The second-order valence-electron chi connectivity index (χ2n) is 6.95. The zero-order valence-electron chi connectivity index (χ0n) is 14.8. The minimum atomic E-state index is -6.96. The molecule has 1 aromatic carbocycles. The quantitative estimate of drug-likeness (QED) is 0.508. The molecule has 1 saturated carbocycles. The largest absolute Gasteiger partial charge is 0.431 e. The molecule has 1 aliphatic rings. The van der Waals surface area contributed by atoms with Crippen LogP contribution < -0.4 is 0 Å². The molecule has 0 amide bonds. The van der Waals surface area contributed by atoms with E-state index in [0.29, 0.717) is 0 Å². The van der Waals surface area contributed by atoms with Crippen molar-refractivity contribution < 1.29 is 49.0 Å². The summed E-state index contributed by atoms with van der Waals surface area (Å²) >= 11 is 0. The highest BCUT2D eigenvalue weighted by molar-refractivity contribution is 6.01. The number of hydrogen-bond donors (Lipinski definition) is 1. The van der Waals surface area contributed by atoms with E-state index in [1.165, 1.54) is 32.0 Å². The van der Waals surface area contributed by atoms with Gasteiger partial charge >= 0.3 is 29.6 Å². The third-order valence-corrected chi connectivity index (χ3v) is 4.65. The maximum atomic E-state index is 14.7. The van der Waals surface area contributed by atoms with E-state index in [2.05, 4.69) is 4.99 Å². The third-order valence-electron chi connectivity index (χ3n) is 4.65. The first kappa shape index (κ1) is 23.4. The molecular formula is C17H15F10NO. The molecule has 12 heteroatoms. The van der Waals surface area contributed by atoms with E-state index in [1.807, 2.05) is 0 Å². The van der Waals surface area contributed by atoms with Crippen molar-refractivity contribution in [1.82, 2.24) is 0 Å². The molecule has 1 aromatic rings. The van der Waals surface area contributed by atoms with Gasteiger partial charge in [0.25, 0.3) is 0 Å². The Bertz CT molecular complexity index is 789. The Balaban J connectivity index is 2.81. The summed E-state index contributed by atoms with van der Waals surface area (Å²) in [4.78, 5) is 3.66. The SMILES string of the molecule is CC(C)N=C(CC1(O)C(F)(F)C(F)(F)C(F)(F)C1(F)C(F)(F)F)c1ccccc1. The minimum Gasteiger partial charge on any atom is -0.379 e. The number of aliphatic hydroxyl groups is 1. The lowest BCUT2D eigenvalue weighted by Gasteiger charge is -2.39. The summed E-state index contributed by atoms with van der Waals surface area (Å²) in [7, 11) is 0. The fourth-order valence-electron chi connectivity index (χ4n) is 3.20. The van der Waals surface area contributed by atoms with Crippen LogP contribution in [-0.4, -0.2) is 52.1 Å². The van der Waals surface area contributed by atoms with Crippen LogP contribution in [0.4, 0.5) is 43.9 Å². The van der Waals surface area contributed by atoms with Crippen molar-refractivity contribution in [3.8, 4) is 0 Å². The van der Waals surface area contributed by atoms with Crippen LogP contribution in [0.2, 0.25) is 0 Å². The Morgan fingerprint density at radius 3 is 1.79 bits per heavy atom. The second kappa shape index (κ2) is 6.58. The fraction of sp³-hybridized carbons (Fsp3) is 0.588. The lowest BCUT2D eigenvalue weighted by molar-refractivity contribution is -0.350. The van der Waals surface area contributed by atoms with Crippen LogP contribution >= 0.6 is 0 Å². The topological polar surface area (TPSA) is 32.6 Å². The monoisotopic (exact) mass is 439 g/mol. The van der Waals surface area contributed by atoms with Crippen molar-refractivity contribution in [2.24, 2.45) is 4.99 Å². The van der Waals surface area contributed by atoms with Crippen molar-refractivity contribution in [2.45, 2.75) is 61.5 Å². The molecule has 1 N–H and O–H groups in total. The van der Waals surface area contributed by atoms with Crippen molar-refractivity contribution in [3.05, 3.63) is 35.9 Å². The van der Waals surface area contributed by atoms with Gasteiger partial charge in [0.05, 0.1) is 0 Å². The molecule has 164 valence electrons. The first-order valence-electron chi connectivity index (χ1n) is 8.12. The average Bonchev–Trinajstić information content (AvgIpc) is 2.63. The lowest BCUT2D eigenvalue weighted by atomic mass is 9.78. The number of rotatable bonds is 4. The second-order valence-corrected chi connectivity index (χ2v) is 6.95. The Hall–Kier alpha value is -1.85. The molecule has 0 bridgehead atoms. The molecule has 2 rings (SSSR count). The van der Waals surface area contributed by atoms with E-state index >= 15 is 0 Å². The molecule has 0 spiro atoms. The van der Waals surface area contributed by atoms with Gasteiger partial charge in [0, 0.05) is 18.2 Å². The van der Waals surface area contributed by atoms with Gasteiger partial charge in [0.2, 0.25) is 0 Å². The van der Waals surface area contributed by atoms with Crippen LogP contribution in [0, 0.1) is 0 Å². The minimum absolute atomic E-state index is 0.242. The predicted molar refractivity (Wildman–Crippen MR) is 82.4 cm³/mol. The van der Waals surface area contributed by atoms with Gasteiger partial charge in [-0.15, -0.1) is 0 Å². The summed E-state index contributed by atoms with van der Waals surface area (Å²) in [5.41, 5.74) is -13.3. The summed E-state index contributed by atoms with van der Waals surface area (Å²) in [6.07, 6.45) is -9.21. The smallest absolute Gasteiger partial charge is 0.379 e. The van der Waals surface area contributed by atoms with E-state index < -0.39 is 53.4 Å². The fourth-order valence-corrected chi connectivity index (χ4v) is 3.20. The van der Waals surface area contributed by atoms with Gasteiger partial charge in [0.15, 0.2) is 5.60 Å². The molecule has 1 aliphatic carbocycles. The Morgan fingerprint density at radius 2 is 1.38 bits per heavy atom. The third kappa shape index (κ3) is 2.85. The number of alkyl halides is 10. The maximum absolute atomic E-state index is 14.7. The lowest BCUT2D eigenvalue weighted by Crippen LogP contribution is -2.68. The Labute approximate surface area is 158 Å². The summed E-state index contributed by atoms with van der Waals surface area (Å²) in [6, 6.07) is 5.27. The van der Waals surface area contributed by atoms with Crippen LogP contribution in [0.15, 0.2) is 35.3 Å². The van der Waals surface area contributed by atoms with Crippen LogP contribution in [-0.2, 0) is 0 Å². The summed E-state index contributed by atoms with van der Waals surface area (Å²) < 4.78 is 138.